The largest absolute Gasteiger partial charge is 0.310 e. The molecule has 0 saturated carbocycles. The molecule has 0 saturated heterocycles. The number of anilines is 6. The van der Waals surface area contributed by atoms with E-state index in [-0.39, 0.29) is 5.82 Å². The molecule has 314 valence electrons. The van der Waals surface area contributed by atoms with Crippen molar-refractivity contribution in [2.45, 2.75) is 0 Å². The molecule has 0 spiro atoms. The van der Waals surface area contributed by atoms with E-state index in [1.165, 1.54) is 24.4 Å². The van der Waals surface area contributed by atoms with E-state index >= 15 is 0 Å². The lowest BCUT2D eigenvalue weighted by Crippen LogP contribution is -2.11. The summed E-state index contributed by atoms with van der Waals surface area (Å²) in [7, 11) is 0. The van der Waals surface area contributed by atoms with E-state index in [4.69, 9.17) is 0 Å². The molecule has 12 rings (SSSR count). The molecule has 0 atom stereocenters. The van der Waals surface area contributed by atoms with Gasteiger partial charge in [-0.25, -0.2) is 13.8 Å². The highest BCUT2D eigenvalue weighted by Gasteiger charge is 2.20. The Labute approximate surface area is 379 Å². The van der Waals surface area contributed by atoms with Crippen LogP contribution in [0.1, 0.15) is 0 Å². The molecule has 12 aromatic rings. The molecule has 0 unspecified atom stereocenters. The summed E-state index contributed by atoms with van der Waals surface area (Å²) in [6.45, 7) is 0. The van der Waals surface area contributed by atoms with Crippen molar-refractivity contribution in [2.24, 2.45) is 0 Å². The minimum absolute atomic E-state index is 0.288. The topological polar surface area (TPSA) is 29.2 Å². The fourth-order valence-electron chi connectivity index (χ4n) is 9.47. The first-order chi connectivity index (χ1) is 32.6. The van der Waals surface area contributed by atoms with Gasteiger partial charge in [0.2, 0.25) is 0 Å². The second-order valence-electron chi connectivity index (χ2n) is 16.4. The van der Waals surface area contributed by atoms with Gasteiger partial charge in [0, 0.05) is 61.4 Å². The van der Waals surface area contributed by atoms with Crippen LogP contribution in [0, 0.1) is 11.6 Å². The van der Waals surface area contributed by atoms with Gasteiger partial charge in [-0.05, 0) is 145 Å². The summed E-state index contributed by atoms with van der Waals surface area (Å²) in [5, 5.41) is 4.52. The zero-order valence-electron chi connectivity index (χ0n) is 35.5. The van der Waals surface area contributed by atoms with Crippen LogP contribution >= 0.6 is 0 Å². The number of hydrogen-bond donors (Lipinski definition) is 0. The molecule has 0 N–H and O–H groups in total. The fourth-order valence-corrected chi connectivity index (χ4v) is 9.47. The van der Waals surface area contributed by atoms with Crippen molar-refractivity contribution in [3.63, 3.8) is 0 Å². The SMILES string of the molecule is Fc1ccc(N(c2ccc(-c3ccc(N(c4ccc5c(c4)c4ccccc4n5-c4ccccc4)c4ccc(F)cn4)cc3)cc2)c2ccc3c(c2)c2ccccc2n3-c2ccccc2)cc1. The second kappa shape index (κ2) is 16.1. The van der Waals surface area contributed by atoms with Crippen LogP contribution in [0.3, 0.4) is 0 Å². The Morgan fingerprint density at radius 2 is 0.712 bits per heavy atom. The van der Waals surface area contributed by atoms with Gasteiger partial charge in [0.05, 0.1) is 28.3 Å². The minimum Gasteiger partial charge on any atom is -0.310 e. The normalized spacial score (nSPS) is 11.5. The number of benzene rings is 9. The molecule has 3 heterocycles. The predicted molar refractivity (Wildman–Crippen MR) is 268 cm³/mol. The van der Waals surface area contributed by atoms with Crippen molar-refractivity contribution >= 4 is 77.9 Å². The van der Waals surface area contributed by atoms with Gasteiger partial charge in [-0.1, -0.05) is 97.1 Å². The molecule has 9 aromatic carbocycles. The number of fused-ring (bicyclic) bond motifs is 6. The predicted octanol–water partition coefficient (Wildman–Crippen LogP) is 16.2. The monoisotopic (exact) mass is 855 g/mol. The molecule has 66 heavy (non-hydrogen) atoms. The lowest BCUT2D eigenvalue weighted by Gasteiger charge is -2.26. The molecular formula is C59H39F2N5. The summed E-state index contributed by atoms with van der Waals surface area (Å²) in [6.07, 6.45) is 1.26. The Morgan fingerprint density at radius 1 is 0.318 bits per heavy atom. The first-order valence-corrected chi connectivity index (χ1v) is 21.9. The van der Waals surface area contributed by atoms with E-state index in [0.29, 0.717) is 5.82 Å². The highest BCUT2D eigenvalue weighted by molar-refractivity contribution is 6.12. The van der Waals surface area contributed by atoms with Crippen LogP contribution < -0.4 is 9.80 Å². The first kappa shape index (κ1) is 38.8. The fraction of sp³-hybridized carbons (Fsp3) is 0. The number of halogens is 2. The third-order valence-electron chi connectivity index (χ3n) is 12.5. The van der Waals surface area contributed by atoms with Crippen molar-refractivity contribution in [3.05, 3.63) is 248 Å². The van der Waals surface area contributed by atoms with Crippen LogP contribution in [-0.2, 0) is 0 Å². The minimum atomic E-state index is -0.395. The van der Waals surface area contributed by atoms with Crippen LogP contribution in [0.15, 0.2) is 237 Å². The van der Waals surface area contributed by atoms with Crippen LogP contribution in [0.2, 0.25) is 0 Å². The number of para-hydroxylation sites is 4. The molecule has 0 aliphatic heterocycles. The van der Waals surface area contributed by atoms with Crippen LogP contribution in [0.5, 0.6) is 0 Å². The van der Waals surface area contributed by atoms with Gasteiger partial charge >= 0.3 is 0 Å². The van der Waals surface area contributed by atoms with Gasteiger partial charge in [-0.3, -0.25) is 4.90 Å². The highest BCUT2D eigenvalue weighted by Crippen LogP contribution is 2.42. The van der Waals surface area contributed by atoms with Crippen molar-refractivity contribution in [2.75, 3.05) is 9.80 Å². The summed E-state index contributed by atoms with van der Waals surface area (Å²) in [5.41, 5.74) is 13.2. The average Bonchev–Trinajstić information content (AvgIpc) is 3.89. The van der Waals surface area contributed by atoms with Gasteiger partial charge in [-0.15, -0.1) is 0 Å². The van der Waals surface area contributed by atoms with E-state index in [9.17, 15) is 8.78 Å². The number of hydrogen-bond acceptors (Lipinski definition) is 3. The standard InChI is InChI=1S/C59H39F2N5/c60-42-23-30-47(31-24-42)63(49-32-34-57-53(37-49)51-15-7-9-17-55(51)65(57)44-11-3-1-4-12-44)46-26-19-40(20-27-46)41-21-28-48(29-22-41)64(59-36-25-43(61)39-62-59)50-33-35-58-54(38-50)52-16-8-10-18-56(52)66(58)45-13-5-2-6-14-45/h1-39H. The summed E-state index contributed by atoms with van der Waals surface area (Å²) in [4.78, 5) is 8.79. The summed E-state index contributed by atoms with van der Waals surface area (Å²) in [6, 6.07) is 77.4. The number of rotatable bonds is 9. The molecule has 0 radical (unpaired) electrons. The lowest BCUT2D eigenvalue weighted by atomic mass is 10.0. The van der Waals surface area contributed by atoms with Crippen LogP contribution in [-0.4, -0.2) is 14.1 Å². The molecule has 3 aromatic heterocycles. The zero-order chi connectivity index (χ0) is 44.1. The number of nitrogens with zero attached hydrogens (tertiary/aromatic N) is 5. The van der Waals surface area contributed by atoms with E-state index < -0.39 is 5.82 Å². The van der Waals surface area contributed by atoms with Crippen molar-refractivity contribution in [1.82, 2.24) is 14.1 Å². The zero-order valence-corrected chi connectivity index (χ0v) is 35.5. The summed E-state index contributed by atoms with van der Waals surface area (Å²) < 4.78 is 33.3. The maximum absolute atomic E-state index is 14.4. The highest BCUT2D eigenvalue weighted by atomic mass is 19.1. The van der Waals surface area contributed by atoms with E-state index in [1.54, 1.807) is 6.07 Å². The molecule has 0 aliphatic rings. The Bertz CT molecular complexity index is 3450. The summed E-state index contributed by atoms with van der Waals surface area (Å²) >= 11 is 0. The summed E-state index contributed by atoms with van der Waals surface area (Å²) in [5.74, 6) is -0.0831. The molecule has 0 fully saturated rings. The number of pyridine rings is 1. The van der Waals surface area contributed by atoms with Gasteiger partial charge in [0.25, 0.3) is 0 Å². The van der Waals surface area contributed by atoms with E-state index in [1.807, 2.05) is 24.3 Å². The van der Waals surface area contributed by atoms with Gasteiger partial charge in [0.1, 0.15) is 17.5 Å². The van der Waals surface area contributed by atoms with Crippen molar-refractivity contribution < 1.29 is 8.78 Å². The van der Waals surface area contributed by atoms with E-state index in [0.717, 1.165) is 94.6 Å². The van der Waals surface area contributed by atoms with Gasteiger partial charge < -0.3 is 14.0 Å². The molecule has 0 aliphatic carbocycles. The lowest BCUT2D eigenvalue weighted by molar-refractivity contribution is 0.621. The van der Waals surface area contributed by atoms with Crippen LogP contribution in [0.25, 0.3) is 66.1 Å². The smallest absolute Gasteiger partial charge is 0.141 e. The first-order valence-electron chi connectivity index (χ1n) is 21.9. The Kier molecular flexibility index (Phi) is 9.46. The Hall–Kier alpha value is -8.81. The molecule has 5 nitrogen and oxygen atoms in total. The quantitative estimate of drug-likeness (QED) is 0.145. The molecule has 0 bridgehead atoms. The van der Waals surface area contributed by atoms with Crippen molar-refractivity contribution in [3.8, 4) is 22.5 Å². The van der Waals surface area contributed by atoms with Gasteiger partial charge in [0.15, 0.2) is 0 Å². The average molecular weight is 856 g/mol. The Balaban J connectivity index is 0.910. The maximum atomic E-state index is 14.4. The maximum Gasteiger partial charge on any atom is 0.141 e. The molecule has 7 heteroatoms. The van der Waals surface area contributed by atoms with Crippen molar-refractivity contribution in [1.29, 1.82) is 0 Å². The second-order valence-corrected chi connectivity index (χ2v) is 16.4. The third kappa shape index (κ3) is 6.73. The molecular weight excluding hydrogens is 817 g/mol. The van der Waals surface area contributed by atoms with E-state index in [2.05, 4.69) is 206 Å². The van der Waals surface area contributed by atoms with Crippen LogP contribution in [0.4, 0.5) is 43.0 Å². The number of aromatic nitrogens is 3. The third-order valence-corrected chi connectivity index (χ3v) is 12.5. The Morgan fingerprint density at radius 3 is 1.20 bits per heavy atom. The molecule has 0 amide bonds. The van der Waals surface area contributed by atoms with Gasteiger partial charge in [-0.2, -0.15) is 0 Å².